The van der Waals surface area contributed by atoms with Crippen LogP contribution < -0.4 is 15.5 Å². The number of pyridine rings is 1. The quantitative estimate of drug-likeness (QED) is 0.890. The molecule has 5 nitrogen and oxygen atoms in total. The zero-order valence-corrected chi connectivity index (χ0v) is 14.9. The van der Waals surface area contributed by atoms with E-state index in [1.54, 1.807) is 24.4 Å². The van der Waals surface area contributed by atoms with Gasteiger partial charge in [-0.15, -0.1) is 0 Å². The highest BCUT2D eigenvalue weighted by Crippen LogP contribution is 2.26. The molecule has 1 aromatic heterocycles. The lowest BCUT2D eigenvalue weighted by atomic mass is 9.99. The highest BCUT2D eigenvalue weighted by atomic mass is 19.1. The number of carbonyl (C=O) groups is 1. The molecule has 2 aliphatic heterocycles. The Hall–Kier alpha value is -2.47. The molecule has 1 aromatic carbocycles. The number of hydrogen-bond acceptors (Lipinski definition) is 4. The Labute approximate surface area is 152 Å². The van der Waals surface area contributed by atoms with Crippen LogP contribution in [0, 0.1) is 11.7 Å². The lowest BCUT2D eigenvalue weighted by molar-refractivity contribution is 0.102. The maximum atomic E-state index is 14.7. The minimum absolute atomic E-state index is 0.240. The number of carbonyl (C=O) groups excluding carboxylic acids is 1. The van der Waals surface area contributed by atoms with Gasteiger partial charge in [0.2, 0.25) is 0 Å². The van der Waals surface area contributed by atoms with Gasteiger partial charge >= 0.3 is 0 Å². The minimum Gasteiger partial charge on any atom is -0.356 e. The van der Waals surface area contributed by atoms with E-state index in [2.05, 4.69) is 27.4 Å². The van der Waals surface area contributed by atoms with Crippen molar-refractivity contribution in [3.63, 3.8) is 0 Å². The van der Waals surface area contributed by atoms with E-state index in [0.717, 1.165) is 37.4 Å². The Kier molecular flexibility index (Phi) is 4.59. The number of benzene rings is 1. The molecule has 2 aliphatic rings. The molecule has 26 heavy (non-hydrogen) atoms. The van der Waals surface area contributed by atoms with E-state index in [9.17, 15) is 9.18 Å². The molecule has 2 aromatic rings. The van der Waals surface area contributed by atoms with Crippen molar-refractivity contribution in [1.29, 1.82) is 0 Å². The molecule has 3 heterocycles. The number of halogens is 1. The molecule has 1 fully saturated rings. The fraction of sp³-hybridized carbons (Fsp3) is 0.400. The molecule has 0 spiro atoms. The average molecular weight is 354 g/mol. The fourth-order valence-electron chi connectivity index (χ4n) is 3.70. The molecule has 1 unspecified atom stereocenters. The second-order valence-corrected chi connectivity index (χ2v) is 7.19. The summed E-state index contributed by atoms with van der Waals surface area (Å²) in [4.78, 5) is 19.2. The zero-order chi connectivity index (χ0) is 18.1. The van der Waals surface area contributed by atoms with Gasteiger partial charge in [0.05, 0.1) is 5.69 Å². The monoisotopic (exact) mass is 354 g/mol. The van der Waals surface area contributed by atoms with Crippen molar-refractivity contribution in [2.24, 2.45) is 5.92 Å². The maximum Gasteiger partial charge on any atom is 0.255 e. The van der Waals surface area contributed by atoms with Crippen molar-refractivity contribution in [2.75, 3.05) is 29.9 Å². The SMILES string of the molecule is CC1CCN(c2cc(C(=O)Nc3ccc4c(c3F)CCNC4)ccn2)C1. The van der Waals surface area contributed by atoms with Crippen molar-refractivity contribution in [3.8, 4) is 0 Å². The van der Waals surface area contributed by atoms with Crippen molar-refractivity contribution in [3.05, 3.63) is 53.0 Å². The van der Waals surface area contributed by atoms with Crippen molar-refractivity contribution in [1.82, 2.24) is 10.3 Å². The van der Waals surface area contributed by atoms with Gasteiger partial charge in [-0.3, -0.25) is 4.79 Å². The van der Waals surface area contributed by atoms with E-state index in [4.69, 9.17) is 0 Å². The summed E-state index contributed by atoms with van der Waals surface area (Å²) < 4.78 is 14.7. The van der Waals surface area contributed by atoms with Gasteiger partial charge in [-0.25, -0.2) is 9.37 Å². The van der Waals surface area contributed by atoms with Gasteiger partial charge < -0.3 is 15.5 Å². The van der Waals surface area contributed by atoms with Crippen LogP contribution in [0.3, 0.4) is 0 Å². The normalized spacial score (nSPS) is 19.3. The number of nitrogens with zero attached hydrogens (tertiary/aromatic N) is 2. The van der Waals surface area contributed by atoms with Gasteiger partial charge in [-0.2, -0.15) is 0 Å². The molecule has 0 bridgehead atoms. The van der Waals surface area contributed by atoms with Crippen LogP contribution in [0.25, 0.3) is 0 Å². The number of anilines is 2. The summed E-state index contributed by atoms with van der Waals surface area (Å²) in [6.45, 7) is 5.54. The molecule has 6 heteroatoms. The average Bonchev–Trinajstić information content (AvgIpc) is 3.11. The van der Waals surface area contributed by atoms with E-state index >= 15 is 0 Å². The van der Waals surface area contributed by atoms with Gasteiger partial charge in [0, 0.05) is 31.4 Å². The molecule has 1 saturated heterocycles. The predicted octanol–water partition coefficient (Wildman–Crippen LogP) is 2.96. The number of nitrogens with one attached hydrogen (secondary N) is 2. The third kappa shape index (κ3) is 3.29. The Balaban J connectivity index is 1.54. The molecule has 136 valence electrons. The molecular weight excluding hydrogens is 331 g/mol. The first-order valence-corrected chi connectivity index (χ1v) is 9.15. The van der Waals surface area contributed by atoms with Crippen LogP contribution in [-0.4, -0.2) is 30.5 Å². The minimum atomic E-state index is -0.319. The third-order valence-corrected chi connectivity index (χ3v) is 5.21. The molecule has 1 amide bonds. The van der Waals surface area contributed by atoms with Gasteiger partial charge in [0.1, 0.15) is 11.6 Å². The van der Waals surface area contributed by atoms with E-state index in [1.807, 2.05) is 6.07 Å². The second-order valence-electron chi connectivity index (χ2n) is 7.19. The molecule has 4 rings (SSSR count). The molecular formula is C20H23FN4O. The highest BCUT2D eigenvalue weighted by molar-refractivity contribution is 6.04. The van der Waals surface area contributed by atoms with Crippen molar-refractivity contribution < 1.29 is 9.18 Å². The number of amides is 1. The first kappa shape index (κ1) is 17.0. The van der Waals surface area contributed by atoms with E-state index in [-0.39, 0.29) is 17.4 Å². The maximum absolute atomic E-state index is 14.7. The first-order valence-electron chi connectivity index (χ1n) is 9.15. The third-order valence-electron chi connectivity index (χ3n) is 5.21. The van der Waals surface area contributed by atoms with Crippen LogP contribution >= 0.6 is 0 Å². The molecule has 1 atom stereocenters. The Morgan fingerprint density at radius 2 is 2.27 bits per heavy atom. The van der Waals surface area contributed by atoms with Crippen LogP contribution in [0.4, 0.5) is 15.9 Å². The first-order chi connectivity index (χ1) is 12.6. The van der Waals surface area contributed by atoms with Crippen molar-refractivity contribution >= 4 is 17.4 Å². The van der Waals surface area contributed by atoms with Gasteiger partial charge in [0.25, 0.3) is 5.91 Å². The molecule has 0 saturated carbocycles. The van der Waals surface area contributed by atoms with Crippen LogP contribution in [-0.2, 0) is 13.0 Å². The van der Waals surface area contributed by atoms with Crippen LogP contribution in [0.15, 0.2) is 30.5 Å². The van der Waals surface area contributed by atoms with E-state index in [0.29, 0.717) is 30.0 Å². The van der Waals surface area contributed by atoms with Crippen LogP contribution in [0.2, 0.25) is 0 Å². The van der Waals surface area contributed by atoms with E-state index < -0.39 is 0 Å². The van der Waals surface area contributed by atoms with Crippen LogP contribution in [0.1, 0.15) is 34.8 Å². The number of fused-ring (bicyclic) bond motifs is 1. The molecule has 0 aliphatic carbocycles. The standard InChI is InChI=1S/C20H23FN4O/c1-13-6-9-25(12-13)18-10-14(4-8-23-18)20(26)24-17-3-2-15-11-22-7-5-16(15)19(17)21/h2-4,8,10,13,22H,5-7,9,11-12H2,1H3,(H,24,26). The highest BCUT2D eigenvalue weighted by Gasteiger charge is 2.21. The topological polar surface area (TPSA) is 57.3 Å². The van der Waals surface area contributed by atoms with E-state index in [1.165, 1.54) is 0 Å². The van der Waals surface area contributed by atoms with Gasteiger partial charge in [-0.1, -0.05) is 13.0 Å². The second kappa shape index (κ2) is 7.03. The predicted molar refractivity (Wildman–Crippen MR) is 100.0 cm³/mol. The van der Waals surface area contributed by atoms with Crippen molar-refractivity contribution in [2.45, 2.75) is 26.3 Å². The summed E-state index contributed by atoms with van der Waals surface area (Å²) in [5, 5.41) is 5.95. The lowest BCUT2D eigenvalue weighted by Crippen LogP contribution is -2.25. The summed E-state index contributed by atoms with van der Waals surface area (Å²) in [5.41, 5.74) is 2.39. The number of hydrogen-bond donors (Lipinski definition) is 2. The summed E-state index contributed by atoms with van der Waals surface area (Å²) in [7, 11) is 0. The Bertz CT molecular complexity index is 839. The van der Waals surface area contributed by atoms with Gasteiger partial charge in [0.15, 0.2) is 0 Å². The fourth-order valence-corrected chi connectivity index (χ4v) is 3.70. The molecule has 2 N–H and O–H groups in total. The lowest BCUT2D eigenvalue weighted by Gasteiger charge is -2.20. The Morgan fingerprint density at radius 1 is 1.38 bits per heavy atom. The zero-order valence-electron chi connectivity index (χ0n) is 14.9. The Morgan fingerprint density at radius 3 is 3.08 bits per heavy atom. The summed E-state index contributed by atoms with van der Waals surface area (Å²) in [6.07, 6.45) is 3.41. The summed E-state index contributed by atoms with van der Waals surface area (Å²) in [6, 6.07) is 6.97. The van der Waals surface area contributed by atoms with Crippen LogP contribution in [0.5, 0.6) is 0 Å². The van der Waals surface area contributed by atoms with Gasteiger partial charge in [-0.05, 0) is 54.6 Å². The smallest absolute Gasteiger partial charge is 0.255 e. The molecule has 0 radical (unpaired) electrons. The summed E-state index contributed by atoms with van der Waals surface area (Å²) in [5.74, 6) is 0.807. The largest absolute Gasteiger partial charge is 0.356 e. The number of aromatic nitrogens is 1. The number of rotatable bonds is 3. The summed E-state index contributed by atoms with van der Waals surface area (Å²) >= 11 is 0.